The lowest BCUT2D eigenvalue weighted by Gasteiger charge is -2.24. The minimum Gasteiger partial charge on any atom is -0.326 e. The molecule has 0 atom stereocenters. The monoisotopic (exact) mass is 363 g/mol. The van der Waals surface area contributed by atoms with Gasteiger partial charge in [0.15, 0.2) is 5.82 Å². The van der Waals surface area contributed by atoms with Crippen LogP contribution in [0.1, 0.15) is 26.3 Å². The number of thiophene rings is 1. The second-order valence-electron chi connectivity index (χ2n) is 6.07. The fraction of sp³-hybridized carbons (Fsp3) is 0.312. The molecule has 0 bridgehead atoms. The number of fused-ring (bicyclic) bond motifs is 1. The summed E-state index contributed by atoms with van der Waals surface area (Å²) < 4.78 is 3.39. The van der Waals surface area contributed by atoms with Crippen LogP contribution in [0.15, 0.2) is 34.1 Å². The highest BCUT2D eigenvalue weighted by molar-refractivity contribution is 9.10. The van der Waals surface area contributed by atoms with Crippen LogP contribution in [0.2, 0.25) is 0 Å². The normalized spacial score (nSPS) is 12.2. The van der Waals surface area contributed by atoms with Gasteiger partial charge in [-0.3, -0.25) is 0 Å². The smallest absolute Gasteiger partial charge is 0.152 e. The molecule has 5 heteroatoms. The first-order valence-electron chi connectivity index (χ1n) is 6.87. The van der Waals surface area contributed by atoms with E-state index in [1.54, 1.807) is 11.3 Å². The molecule has 0 amide bonds. The third-order valence-corrected chi connectivity index (χ3v) is 5.28. The zero-order valence-corrected chi connectivity index (χ0v) is 14.8. The van der Waals surface area contributed by atoms with Crippen LogP contribution in [0.5, 0.6) is 0 Å². The SMILES string of the molecule is CC(C)(C)n1c(-c2sccc2Br)nc2cc(CN)ccc21. The van der Waals surface area contributed by atoms with E-state index < -0.39 is 0 Å². The third kappa shape index (κ3) is 2.54. The highest BCUT2D eigenvalue weighted by atomic mass is 79.9. The summed E-state index contributed by atoms with van der Waals surface area (Å²) in [4.78, 5) is 6.04. The number of imidazole rings is 1. The lowest BCUT2D eigenvalue weighted by molar-refractivity contribution is 0.413. The predicted molar refractivity (Wildman–Crippen MR) is 93.6 cm³/mol. The van der Waals surface area contributed by atoms with Crippen molar-refractivity contribution in [1.29, 1.82) is 0 Å². The van der Waals surface area contributed by atoms with Crippen LogP contribution in [0, 0.1) is 0 Å². The summed E-state index contributed by atoms with van der Waals surface area (Å²) in [5, 5.41) is 2.08. The van der Waals surface area contributed by atoms with Gasteiger partial charge >= 0.3 is 0 Å². The minimum absolute atomic E-state index is 0.0439. The van der Waals surface area contributed by atoms with Gasteiger partial charge in [0.1, 0.15) is 0 Å². The predicted octanol–water partition coefficient (Wildman–Crippen LogP) is 4.74. The van der Waals surface area contributed by atoms with Crippen LogP contribution in [0.4, 0.5) is 0 Å². The zero-order chi connectivity index (χ0) is 15.2. The summed E-state index contributed by atoms with van der Waals surface area (Å²) in [7, 11) is 0. The van der Waals surface area contributed by atoms with Crippen LogP contribution >= 0.6 is 27.3 Å². The molecular weight excluding hydrogens is 346 g/mol. The number of hydrogen-bond donors (Lipinski definition) is 1. The molecule has 2 heterocycles. The van der Waals surface area contributed by atoms with Gasteiger partial charge in [-0.25, -0.2) is 4.98 Å². The molecule has 0 fully saturated rings. The van der Waals surface area contributed by atoms with E-state index in [-0.39, 0.29) is 5.54 Å². The first-order valence-corrected chi connectivity index (χ1v) is 8.54. The maximum atomic E-state index is 5.75. The Labute approximate surface area is 136 Å². The summed E-state index contributed by atoms with van der Waals surface area (Å²) in [6.45, 7) is 7.15. The van der Waals surface area contributed by atoms with Gasteiger partial charge in [0.2, 0.25) is 0 Å². The van der Waals surface area contributed by atoms with Crippen LogP contribution in [0.25, 0.3) is 21.7 Å². The molecule has 0 aliphatic carbocycles. The van der Waals surface area contributed by atoms with Crippen LogP contribution in [0.3, 0.4) is 0 Å². The average Bonchev–Trinajstić information content (AvgIpc) is 2.99. The molecule has 0 aliphatic rings. The van der Waals surface area contributed by atoms with Crippen molar-refractivity contribution in [2.45, 2.75) is 32.9 Å². The largest absolute Gasteiger partial charge is 0.326 e. The Morgan fingerprint density at radius 3 is 2.62 bits per heavy atom. The summed E-state index contributed by atoms with van der Waals surface area (Å²) in [6, 6.07) is 8.36. The fourth-order valence-electron chi connectivity index (χ4n) is 2.54. The van der Waals surface area contributed by atoms with E-state index in [0.29, 0.717) is 6.54 Å². The molecule has 0 saturated heterocycles. The highest BCUT2D eigenvalue weighted by Crippen LogP contribution is 2.38. The molecule has 0 aliphatic heterocycles. The minimum atomic E-state index is -0.0439. The molecule has 2 N–H and O–H groups in total. The van der Waals surface area contributed by atoms with Gasteiger partial charge in [0, 0.05) is 16.6 Å². The molecule has 21 heavy (non-hydrogen) atoms. The highest BCUT2D eigenvalue weighted by Gasteiger charge is 2.24. The lowest BCUT2D eigenvalue weighted by Crippen LogP contribution is -2.22. The number of aromatic nitrogens is 2. The van der Waals surface area contributed by atoms with Crippen molar-refractivity contribution in [1.82, 2.24) is 9.55 Å². The Bertz CT molecular complexity index is 796. The van der Waals surface area contributed by atoms with Crippen molar-refractivity contribution in [3.63, 3.8) is 0 Å². The molecule has 0 unspecified atom stereocenters. The first kappa shape index (κ1) is 14.8. The molecule has 0 spiro atoms. The van der Waals surface area contributed by atoms with Crippen molar-refractivity contribution in [3.05, 3.63) is 39.7 Å². The molecule has 0 radical (unpaired) electrons. The Morgan fingerprint density at radius 2 is 2.05 bits per heavy atom. The van der Waals surface area contributed by atoms with Gasteiger partial charge in [-0.05, 0) is 65.8 Å². The van der Waals surface area contributed by atoms with Gasteiger partial charge in [-0.2, -0.15) is 0 Å². The second-order valence-corrected chi connectivity index (χ2v) is 7.84. The van der Waals surface area contributed by atoms with E-state index in [1.165, 1.54) is 0 Å². The standard InChI is InChI=1S/C16H18BrN3S/c1-16(2,3)20-13-5-4-10(9-18)8-12(13)19-15(20)14-11(17)6-7-21-14/h4-8H,9,18H2,1-3H3. The number of benzene rings is 1. The van der Waals surface area contributed by atoms with Crippen LogP contribution in [-0.4, -0.2) is 9.55 Å². The first-order chi connectivity index (χ1) is 9.91. The van der Waals surface area contributed by atoms with Crippen molar-refractivity contribution in [2.75, 3.05) is 0 Å². The molecule has 3 rings (SSSR count). The van der Waals surface area contributed by atoms with Gasteiger partial charge in [0.05, 0.1) is 15.9 Å². The molecule has 0 saturated carbocycles. The molecule has 3 aromatic rings. The number of rotatable bonds is 2. The van der Waals surface area contributed by atoms with E-state index in [9.17, 15) is 0 Å². The average molecular weight is 364 g/mol. The summed E-state index contributed by atoms with van der Waals surface area (Å²) in [6.07, 6.45) is 0. The number of hydrogen-bond acceptors (Lipinski definition) is 3. The van der Waals surface area contributed by atoms with Gasteiger partial charge in [-0.15, -0.1) is 11.3 Å². The fourth-order valence-corrected chi connectivity index (χ4v) is 4.07. The number of nitrogens with zero attached hydrogens (tertiary/aromatic N) is 2. The van der Waals surface area contributed by atoms with E-state index in [4.69, 9.17) is 10.7 Å². The summed E-state index contributed by atoms with van der Waals surface area (Å²) in [5.74, 6) is 1.01. The third-order valence-electron chi connectivity index (χ3n) is 3.45. The number of nitrogens with two attached hydrogens (primary N) is 1. The van der Waals surface area contributed by atoms with E-state index in [0.717, 1.165) is 31.8 Å². The molecular formula is C16H18BrN3S. The van der Waals surface area contributed by atoms with Gasteiger partial charge in [0.25, 0.3) is 0 Å². The summed E-state index contributed by atoms with van der Waals surface area (Å²) >= 11 is 5.33. The Kier molecular flexibility index (Phi) is 3.67. The topological polar surface area (TPSA) is 43.8 Å². The van der Waals surface area contributed by atoms with E-state index in [2.05, 4.69) is 70.9 Å². The van der Waals surface area contributed by atoms with Crippen molar-refractivity contribution >= 4 is 38.3 Å². The zero-order valence-electron chi connectivity index (χ0n) is 12.4. The molecule has 1 aromatic carbocycles. The molecule has 2 aromatic heterocycles. The van der Waals surface area contributed by atoms with Crippen LogP contribution in [-0.2, 0) is 12.1 Å². The summed E-state index contributed by atoms with van der Waals surface area (Å²) in [5.41, 5.74) is 8.97. The van der Waals surface area contributed by atoms with Gasteiger partial charge in [-0.1, -0.05) is 6.07 Å². The van der Waals surface area contributed by atoms with Crippen molar-refractivity contribution in [2.24, 2.45) is 5.73 Å². The number of halogens is 1. The molecule has 3 nitrogen and oxygen atoms in total. The second kappa shape index (κ2) is 5.23. The van der Waals surface area contributed by atoms with Crippen molar-refractivity contribution < 1.29 is 0 Å². The molecule has 110 valence electrons. The maximum Gasteiger partial charge on any atom is 0.152 e. The Hall–Kier alpha value is -1.17. The Morgan fingerprint density at radius 1 is 1.29 bits per heavy atom. The van der Waals surface area contributed by atoms with Crippen molar-refractivity contribution in [3.8, 4) is 10.7 Å². The quantitative estimate of drug-likeness (QED) is 0.714. The van der Waals surface area contributed by atoms with E-state index in [1.807, 2.05) is 0 Å². The van der Waals surface area contributed by atoms with E-state index >= 15 is 0 Å². The Balaban J connectivity index is 2.35. The lowest BCUT2D eigenvalue weighted by atomic mass is 10.1. The van der Waals surface area contributed by atoms with Crippen LogP contribution < -0.4 is 5.73 Å². The van der Waals surface area contributed by atoms with Gasteiger partial charge < -0.3 is 10.3 Å². The maximum absolute atomic E-state index is 5.75.